The minimum absolute atomic E-state index is 0.0326. The van der Waals surface area contributed by atoms with Gasteiger partial charge in [0.25, 0.3) is 0 Å². The van der Waals surface area contributed by atoms with Crippen molar-refractivity contribution in [2.75, 3.05) is 47.5 Å². The molecule has 0 rings (SSSR count). The van der Waals surface area contributed by atoms with Crippen molar-refractivity contribution in [3.63, 3.8) is 0 Å². The largest absolute Gasteiger partial charge is 0.472 e. The van der Waals surface area contributed by atoms with Crippen molar-refractivity contribution in [1.29, 1.82) is 0 Å². The fourth-order valence-electron chi connectivity index (χ4n) is 10.7. The van der Waals surface area contributed by atoms with Gasteiger partial charge < -0.3 is 18.9 Å². The molecule has 0 bridgehead atoms. The summed E-state index contributed by atoms with van der Waals surface area (Å²) in [6, 6.07) is 0. The highest BCUT2D eigenvalue weighted by Crippen LogP contribution is 2.43. The van der Waals surface area contributed by atoms with Gasteiger partial charge in [0.1, 0.15) is 19.8 Å². The number of hydrogen-bond donors (Lipinski definition) is 1. The topological polar surface area (TPSA) is 108 Å². The van der Waals surface area contributed by atoms with Crippen LogP contribution in [0, 0.1) is 0 Å². The van der Waals surface area contributed by atoms with Crippen LogP contribution in [0.2, 0.25) is 0 Å². The van der Waals surface area contributed by atoms with Gasteiger partial charge in [-0.05, 0) is 51.4 Å². The maximum Gasteiger partial charge on any atom is 0.472 e. The molecule has 0 radical (unpaired) electrons. The second-order valence-corrected chi connectivity index (χ2v) is 27.1. The number of carbonyl (C=O) groups excluding carboxylic acids is 2. The van der Waals surface area contributed by atoms with Gasteiger partial charge in [0.2, 0.25) is 0 Å². The number of esters is 2. The maximum atomic E-state index is 12.9. The summed E-state index contributed by atoms with van der Waals surface area (Å²) in [5.74, 6) is -0.783. The normalized spacial score (nSPS) is 13.3. The molecule has 0 aliphatic rings. The molecule has 0 aliphatic heterocycles. The lowest BCUT2D eigenvalue weighted by Gasteiger charge is -2.24. The summed E-state index contributed by atoms with van der Waals surface area (Å²) in [6.45, 7) is 4.48. The fourth-order valence-corrected chi connectivity index (χ4v) is 11.4. The molecule has 484 valence electrons. The molecule has 2 atom stereocenters. The Kier molecular flexibility index (Phi) is 62.3. The van der Waals surface area contributed by atoms with E-state index < -0.39 is 26.5 Å². The summed E-state index contributed by atoms with van der Waals surface area (Å²) in [5, 5.41) is 0. The highest BCUT2D eigenvalue weighted by molar-refractivity contribution is 7.47. The van der Waals surface area contributed by atoms with Crippen molar-refractivity contribution < 1.29 is 42.1 Å². The monoisotopic (exact) mass is 1180 g/mol. The average Bonchev–Trinajstić information content (AvgIpc) is 3.46. The number of ether oxygens (including phenoxy) is 2. The molecule has 82 heavy (non-hydrogen) atoms. The van der Waals surface area contributed by atoms with E-state index in [9.17, 15) is 19.0 Å². The smallest absolute Gasteiger partial charge is 0.462 e. The van der Waals surface area contributed by atoms with E-state index in [-0.39, 0.29) is 25.6 Å². The number of phosphoric acid groups is 1. The van der Waals surface area contributed by atoms with Gasteiger partial charge in [-0.3, -0.25) is 18.6 Å². The van der Waals surface area contributed by atoms with Crippen molar-refractivity contribution in [3.8, 4) is 0 Å². The number of hydrogen-bond acceptors (Lipinski definition) is 7. The lowest BCUT2D eigenvalue weighted by Crippen LogP contribution is -2.37. The number of phosphoric ester groups is 1. The second-order valence-electron chi connectivity index (χ2n) is 25.6. The number of nitrogens with zero attached hydrogens (tertiary/aromatic N) is 1. The van der Waals surface area contributed by atoms with E-state index in [0.717, 1.165) is 51.4 Å². The zero-order valence-electron chi connectivity index (χ0n) is 55.3. The number of quaternary nitrogens is 1. The summed E-state index contributed by atoms with van der Waals surface area (Å²) in [4.78, 5) is 35.9. The number of likely N-dealkylation sites (N-methyl/N-ethyl adjacent to an activating group) is 1. The predicted molar refractivity (Wildman–Crippen MR) is 354 cm³/mol. The number of unbranched alkanes of at least 4 members (excludes halogenated alkanes) is 47. The number of allylic oxidation sites excluding steroid dienone is 6. The molecular formula is C72H139NO8P+. The minimum atomic E-state index is -4.39. The van der Waals surface area contributed by atoms with Crippen molar-refractivity contribution >= 4 is 19.8 Å². The second kappa shape index (κ2) is 63.7. The molecule has 0 saturated carbocycles. The molecule has 9 nitrogen and oxygen atoms in total. The lowest BCUT2D eigenvalue weighted by atomic mass is 10.0. The first kappa shape index (κ1) is 80.2. The van der Waals surface area contributed by atoms with E-state index in [2.05, 4.69) is 50.3 Å². The molecule has 0 aromatic heterocycles. The zero-order chi connectivity index (χ0) is 59.8. The Morgan fingerprint density at radius 2 is 0.659 bits per heavy atom. The van der Waals surface area contributed by atoms with E-state index in [1.807, 2.05) is 21.1 Å². The van der Waals surface area contributed by atoms with Gasteiger partial charge in [-0.1, -0.05) is 333 Å². The molecule has 0 aliphatic carbocycles. The van der Waals surface area contributed by atoms with Crippen LogP contribution < -0.4 is 0 Å². The van der Waals surface area contributed by atoms with Gasteiger partial charge in [0, 0.05) is 12.8 Å². The summed E-state index contributed by atoms with van der Waals surface area (Å²) >= 11 is 0. The predicted octanol–water partition coefficient (Wildman–Crippen LogP) is 23.1. The van der Waals surface area contributed by atoms with Crippen LogP contribution in [-0.2, 0) is 32.7 Å². The first-order valence-corrected chi connectivity index (χ1v) is 37.2. The summed E-state index contributed by atoms with van der Waals surface area (Å²) in [5.41, 5.74) is 0. The molecule has 2 unspecified atom stereocenters. The lowest BCUT2D eigenvalue weighted by molar-refractivity contribution is -0.870. The van der Waals surface area contributed by atoms with Crippen molar-refractivity contribution in [3.05, 3.63) is 36.5 Å². The molecule has 0 amide bonds. The highest BCUT2D eigenvalue weighted by atomic mass is 31.2. The van der Waals surface area contributed by atoms with Crippen LogP contribution in [0.1, 0.15) is 361 Å². The van der Waals surface area contributed by atoms with Crippen LogP contribution >= 0.6 is 7.82 Å². The summed E-state index contributed by atoms with van der Waals surface area (Å²) in [7, 11) is 1.49. The Bertz CT molecular complexity index is 1480. The Balaban J connectivity index is 3.98. The Morgan fingerprint density at radius 1 is 0.378 bits per heavy atom. The average molecular weight is 1180 g/mol. The fraction of sp³-hybridized carbons (Fsp3) is 0.889. The van der Waals surface area contributed by atoms with Crippen LogP contribution in [-0.4, -0.2) is 74.9 Å². The minimum Gasteiger partial charge on any atom is -0.462 e. The van der Waals surface area contributed by atoms with Gasteiger partial charge in [0.05, 0.1) is 27.7 Å². The Hall–Kier alpha value is -1.77. The summed E-state index contributed by atoms with van der Waals surface area (Å²) < 4.78 is 34.7. The molecule has 0 aromatic rings. The number of rotatable bonds is 67. The maximum absolute atomic E-state index is 12.9. The van der Waals surface area contributed by atoms with Gasteiger partial charge >= 0.3 is 19.8 Å². The van der Waals surface area contributed by atoms with Crippen LogP contribution in [0.15, 0.2) is 36.5 Å². The SMILES string of the molecule is CCCCCCC/C=C\C/C=C\C/C=C\CCCCCCCCCCCCC(=O)OC(COC(=O)CCCCCCCCCCCCCCCCCCCCCCCCCCCCCCCCCCC)COP(=O)(O)OCC[N+](C)(C)C. The first-order valence-electron chi connectivity index (χ1n) is 35.7. The van der Waals surface area contributed by atoms with Crippen LogP contribution in [0.5, 0.6) is 0 Å². The van der Waals surface area contributed by atoms with Crippen molar-refractivity contribution in [2.45, 2.75) is 367 Å². The molecule has 10 heteroatoms. The first-order chi connectivity index (χ1) is 40.0. The standard InChI is InChI=1S/C72H138NO8P/c1-6-8-10-12-14-16-18-20-22-24-26-28-30-32-33-34-35-36-37-38-39-41-42-44-46-48-50-52-54-56-58-60-62-64-71(74)78-68-70(69-80-82(76,77)79-67-66-73(3,4)5)81-72(75)65-63-61-59-57-55-53-51-49-47-45-43-40-31-29-27-25-23-21-19-17-15-13-11-9-7-2/h19,21,25,27,31,40,70H,6-18,20,22-24,26,28-30,32-39,41-69H2,1-5H3/p+1/b21-19-,27-25-,40-31-. The zero-order valence-corrected chi connectivity index (χ0v) is 56.1. The molecule has 0 heterocycles. The van der Waals surface area contributed by atoms with E-state index in [1.165, 1.54) is 276 Å². The third kappa shape index (κ3) is 67.4. The van der Waals surface area contributed by atoms with Gasteiger partial charge in [0.15, 0.2) is 6.10 Å². The quantitative estimate of drug-likeness (QED) is 0.0211. The van der Waals surface area contributed by atoms with Crippen LogP contribution in [0.4, 0.5) is 0 Å². The third-order valence-electron chi connectivity index (χ3n) is 16.2. The van der Waals surface area contributed by atoms with Gasteiger partial charge in [-0.25, -0.2) is 4.57 Å². The molecule has 1 N–H and O–H groups in total. The molecular weight excluding hydrogens is 1040 g/mol. The van der Waals surface area contributed by atoms with Crippen LogP contribution in [0.25, 0.3) is 0 Å². The number of carbonyl (C=O) groups is 2. The molecule has 0 aromatic carbocycles. The van der Waals surface area contributed by atoms with Gasteiger partial charge in [-0.2, -0.15) is 0 Å². The van der Waals surface area contributed by atoms with E-state index in [4.69, 9.17) is 18.5 Å². The molecule has 0 saturated heterocycles. The molecule has 0 spiro atoms. The van der Waals surface area contributed by atoms with E-state index >= 15 is 0 Å². The van der Waals surface area contributed by atoms with E-state index in [0.29, 0.717) is 23.9 Å². The Morgan fingerprint density at radius 3 is 0.976 bits per heavy atom. The summed E-state index contributed by atoms with van der Waals surface area (Å²) in [6.07, 6.45) is 81.2. The Labute approximate surface area is 510 Å². The van der Waals surface area contributed by atoms with Crippen molar-refractivity contribution in [2.24, 2.45) is 0 Å². The van der Waals surface area contributed by atoms with Gasteiger partial charge in [-0.15, -0.1) is 0 Å². The molecule has 0 fully saturated rings. The van der Waals surface area contributed by atoms with Crippen molar-refractivity contribution in [1.82, 2.24) is 0 Å². The van der Waals surface area contributed by atoms with E-state index in [1.54, 1.807) is 0 Å². The van der Waals surface area contributed by atoms with Crippen LogP contribution in [0.3, 0.4) is 0 Å². The third-order valence-corrected chi connectivity index (χ3v) is 17.2. The highest BCUT2D eigenvalue weighted by Gasteiger charge is 2.27.